The summed E-state index contributed by atoms with van der Waals surface area (Å²) in [7, 11) is 0. The zero-order chi connectivity index (χ0) is 24.6. The summed E-state index contributed by atoms with van der Waals surface area (Å²) in [5.74, 6) is -5.97. The van der Waals surface area contributed by atoms with Crippen molar-refractivity contribution in [1.29, 1.82) is 0 Å². The van der Waals surface area contributed by atoms with E-state index in [1.165, 1.54) is 0 Å². The number of halogens is 4. The van der Waals surface area contributed by atoms with E-state index in [1.807, 2.05) is 12.1 Å². The summed E-state index contributed by atoms with van der Waals surface area (Å²) in [6.07, 6.45) is 1.37. The van der Waals surface area contributed by atoms with Crippen molar-refractivity contribution in [3.63, 3.8) is 0 Å². The monoisotopic (exact) mass is 476 g/mol. The van der Waals surface area contributed by atoms with Gasteiger partial charge in [0.25, 0.3) is 5.92 Å². The van der Waals surface area contributed by atoms with E-state index in [-0.39, 0.29) is 19.3 Å². The van der Waals surface area contributed by atoms with Crippen LogP contribution in [0.5, 0.6) is 0 Å². The largest absolute Gasteiger partial charge is 0.386 e. The number of aliphatic hydroxyl groups is 2. The predicted octanol–water partition coefficient (Wildman–Crippen LogP) is 3.82. The number of nitrogens with zero attached hydrogens (tertiary/aromatic N) is 4. The fourth-order valence-electron chi connectivity index (χ4n) is 5.76. The van der Waals surface area contributed by atoms with Crippen molar-refractivity contribution in [2.45, 2.75) is 62.2 Å². The Morgan fingerprint density at radius 1 is 1.00 bits per heavy atom. The van der Waals surface area contributed by atoms with Gasteiger partial charge in [-0.15, -0.1) is 5.10 Å². The van der Waals surface area contributed by atoms with Crippen molar-refractivity contribution in [3.8, 4) is 0 Å². The van der Waals surface area contributed by atoms with Crippen LogP contribution in [0.2, 0.25) is 0 Å². The second-order valence-corrected chi connectivity index (χ2v) is 10.3. The lowest BCUT2D eigenvalue weighted by atomic mass is 9.30. The third kappa shape index (κ3) is 3.11. The Bertz CT molecular complexity index is 1200. The highest BCUT2D eigenvalue weighted by molar-refractivity contribution is 5.44. The van der Waals surface area contributed by atoms with E-state index < -0.39 is 51.7 Å². The number of tetrazole rings is 1. The second-order valence-electron chi connectivity index (χ2n) is 10.3. The van der Waals surface area contributed by atoms with Gasteiger partial charge in [0.05, 0.1) is 12.1 Å². The third-order valence-electron chi connectivity index (χ3n) is 7.58. The topological polar surface area (TPSA) is 84.1 Å². The Morgan fingerprint density at radius 3 is 2.18 bits per heavy atom. The quantitative estimate of drug-likeness (QED) is 0.507. The molecule has 0 radical (unpaired) electrons. The summed E-state index contributed by atoms with van der Waals surface area (Å²) in [6.45, 7) is 2.53. The van der Waals surface area contributed by atoms with Crippen LogP contribution in [0.1, 0.15) is 49.8 Å². The molecule has 3 aromatic rings. The normalized spacial score (nSPS) is 25.9. The summed E-state index contributed by atoms with van der Waals surface area (Å²) in [5.41, 5.74) is -5.14. The molecule has 3 aliphatic rings. The summed E-state index contributed by atoms with van der Waals surface area (Å²) >= 11 is 0. The van der Waals surface area contributed by atoms with Gasteiger partial charge in [-0.05, 0) is 72.2 Å². The Morgan fingerprint density at radius 2 is 1.65 bits per heavy atom. The van der Waals surface area contributed by atoms with Crippen molar-refractivity contribution in [2.24, 2.45) is 5.41 Å². The van der Waals surface area contributed by atoms with Gasteiger partial charge in [0, 0.05) is 17.0 Å². The highest BCUT2D eigenvalue weighted by Crippen LogP contribution is 2.80. The molecule has 1 atom stereocenters. The second kappa shape index (κ2) is 7.08. The molecular weight excluding hydrogens is 452 g/mol. The van der Waals surface area contributed by atoms with Crippen LogP contribution in [0.15, 0.2) is 48.8 Å². The molecule has 3 fully saturated rings. The number of hydrogen-bond donors (Lipinski definition) is 2. The highest BCUT2D eigenvalue weighted by atomic mass is 19.3. The molecule has 3 aliphatic carbocycles. The molecule has 0 spiro atoms. The number of rotatable bonds is 7. The van der Waals surface area contributed by atoms with Gasteiger partial charge in [0.2, 0.25) is 0 Å². The lowest BCUT2D eigenvalue weighted by Crippen LogP contribution is -2.76. The molecule has 1 heterocycles. The number of aromatic nitrogens is 4. The van der Waals surface area contributed by atoms with Crippen LogP contribution in [0.4, 0.5) is 17.6 Å². The maximum atomic E-state index is 16.2. The lowest BCUT2D eigenvalue weighted by molar-refractivity contribution is -0.347. The van der Waals surface area contributed by atoms with Crippen molar-refractivity contribution in [3.05, 3.63) is 77.1 Å². The molecule has 2 aromatic carbocycles. The first-order valence-electron chi connectivity index (χ1n) is 10.9. The minimum Gasteiger partial charge on any atom is -0.386 e. The maximum Gasteiger partial charge on any atom is 0.287 e. The molecule has 2 bridgehead atoms. The van der Waals surface area contributed by atoms with Crippen LogP contribution in [-0.2, 0) is 23.2 Å². The minimum atomic E-state index is -3.76. The van der Waals surface area contributed by atoms with Crippen molar-refractivity contribution in [1.82, 2.24) is 20.2 Å². The fourth-order valence-corrected chi connectivity index (χ4v) is 5.76. The number of hydrogen-bond acceptors (Lipinski definition) is 5. The van der Waals surface area contributed by atoms with E-state index in [0.29, 0.717) is 11.6 Å². The Balaban J connectivity index is 1.47. The Hall–Kier alpha value is -2.85. The molecule has 0 saturated heterocycles. The molecule has 6 nitrogen and oxygen atoms in total. The van der Waals surface area contributed by atoms with E-state index in [9.17, 15) is 19.0 Å². The van der Waals surface area contributed by atoms with E-state index in [2.05, 4.69) is 15.5 Å². The van der Waals surface area contributed by atoms with Crippen LogP contribution in [0.3, 0.4) is 0 Å². The standard InChI is InChI=1S/C24H24F4N4O2/c1-20(2,33)15-3-5-16(6-4-15)21-10-22(11-21,12-21)24(27,28)23(34,13-32-14-29-30-31-32)18-8-7-17(25)9-19(18)26/h3-9,14,33-34H,10-13H2,1-2H3/t21?,22?,23-/m0/s1. The van der Waals surface area contributed by atoms with Gasteiger partial charge in [-0.25, -0.2) is 22.2 Å². The van der Waals surface area contributed by atoms with Gasteiger partial charge in [0.1, 0.15) is 18.0 Å². The first-order valence-corrected chi connectivity index (χ1v) is 10.9. The molecular formula is C24H24F4N4O2. The lowest BCUT2D eigenvalue weighted by Gasteiger charge is -2.74. The van der Waals surface area contributed by atoms with Gasteiger partial charge >= 0.3 is 0 Å². The van der Waals surface area contributed by atoms with Gasteiger partial charge in [-0.1, -0.05) is 24.3 Å². The molecule has 3 saturated carbocycles. The summed E-state index contributed by atoms with van der Waals surface area (Å²) < 4.78 is 61.5. The van der Waals surface area contributed by atoms with Crippen LogP contribution in [0.25, 0.3) is 0 Å². The van der Waals surface area contributed by atoms with Crippen LogP contribution in [0, 0.1) is 17.0 Å². The van der Waals surface area contributed by atoms with Crippen LogP contribution >= 0.6 is 0 Å². The van der Waals surface area contributed by atoms with Crippen molar-refractivity contribution in [2.75, 3.05) is 0 Å². The van der Waals surface area contributed by atoms with Crippen LogP contribution < -0.4 is 0 Å². The van der Waals surface area contributed by atoms with E-state index >= 15 is 8.78 Å². The average Bonchev–Trinajstić information content (AvgIpc) is 3.18. The summed E-state index contributed by atoms with van der Waals surface area (Å²) in [6, 6.07) is 9.39. The first-order chi connectivity index (χ1) is 15.8. The fraction of sp³-hybridized carbons (Fsp3) is 0.458. The smallest absolute Gasteiger partial charge is 0.287 e. The van der Waals surface area contributed by atoms with E-state index in [1.54, 1.807) is 26.0 Å². The summed E-state index contributed by atoms with van der Waals surface area (Å²) in [4.78, 5) is 0. The molecule has 10 heteroatoms. The first kappa shape index (κ1) is 22.9. The van der Waals surface area contributed by atoms with Crippen molar-refractivity contribution >= 4 is 0 Å². The average molecular weight is 476 g/mol. The van der Waals surface area contributed by atoms with Gasteiger partial charge in [-0.3, -0.25) is 0 Å². The minimum absolute atomic E-state index is 0.107. The number of alkyl halides is 2. The molecule has 0 amide bonds. The van der Waals surface area contributed by atoms with Gasteiger partial charge < -0.3 is 10.2 Å². The summed E-state index contributed by atoms with van der Waals surface area (Å²) in [5, 5.41) is 31.9. The van der Waals surface area contributed by atoms with E-state index in [0.717, 1.165) is 28.7 Å². The number of benzene rings is 2. The molecule has 6 rings (SSSR count). The molecule has 2 N–H and O–H groups in total. The molecule has 1 aromatic heterocycles. The highest BCUT2D eigenvalue weighted by Gasteiger charge is 2.82. The van der Waals surface area contributed by atoms with E-state index in [4.69, 9.17) is 0 Å². The molecule has 0 unspecified atom stereocenters. The Kier molecular flexibility index (Phi) is 4.77. The third-order valence-corrected chi connectivity index (χ3v) is 7.58. The van der Waals surface area contributed by atoms with Gasteiger partial charge in [-0.2, -0.15) is 0 Å². The molecule has 0 aliphatic heterocycles. The predicted molar refractivity (Wildman–Crippen MR) is 113 cm³/mol. The molecule has 180 valence electrons. The zero-order valence-electron chi connectivity index (χ0n) is 18.6. The van der Waals surface area contributed by atoms with Crippen molar-refractivity contribution < 1.29 is 27.8 Å². The Labute approximate surface area is 193 Å². The zero-order valence-corrected chi connectivity index (χ0v) is 18.6. The SMILES string of the molecule is CC(C)(O)c1ccc(C23CC(C(F)(F)[C@](O)(Cn4cnnn4)c4ccc(F)cc4F)(C2)C3)cc1. The maximum absolute atomic E-state index is 16.2. The van der Waals surface area contributed by atoms with Gasteiger partial charge in [0.15, 0.2) is 5.60 Å². The van der Waals surface area contributed by atoms with Crippen LogP contribution in [-0.4, -0.2) is 36.3 Å². The molecule has 34 heavy (non-hydrogen) atoms.